The number of nitrogens with zero attached hydrogens (tertiary/aromatic N) is 1. The van der Waals surface area contributed by atoms with Crippen LogP contribution in [-0.4, -0.2) is 23.7 Å². The highest BCUT2D eigenvalue weighted by Crippen LogP contribution is 2.15. The average Bonchev–Trinajstić information content (AvgIpc) is 2.20. The summed E-state index contributed by atoms with van der Waals surface area (Å²) in [5.41, 5.74) is 0.949. The summed E-state index contributed by atoms with van der Waals surface area (Å²) in [6, 6.07) is 9.09. The Morgan fingerprint density at radius 3 is 2.43 bits per heavy atom. The zero-order valence-electron chi connectivity index (χ0n) is 8.47. The zero-order valence-corrected chi connectivity index (χ0v) is 8.47. The van der Waals surface area contributed by atoms with Crippen LogP contribution in [0.15, 0.2) is 30.3 Å². The molecule has 0 fully saturated rings. The van der Waals surface area contributed by atoms with E-state index in [2.05, 4.69) is 0 Å². The largest absolute Gasteiger partial charge is 0.480 e. The lowest BCUT2D eigenvalue weighted by Gasteiger charge is -2.27. The number of anilines is 1. The van der Waals surface area contributed by atoms with Gasteiger partial charge in [-0.2, -0.15) is 0 Å². The molecule has 0 aliphatic heterocycles. The molecule has 0 heterocycles. The molecule has 1 N–H and O–H groups in total. The summed E-state index contributed by atoms with van der Waals surface area (Å²) in [5, 5.41) is 8.90. The normalized spacial score (nSPS) is 12.1. The first-order valence-electron chi connectivity index (χ1n) is 4.71. The summed E-state index contributed by atoms with van der Waals surface area (Å²) in [6.07, 6.45) is 0. The summed E-state index contributed by atoms with van der Waals surface area (Å²) in [7, 11) is 0. The fourth-order valence-corrected chi connectivity index (χ4v) is 1.43. The number of carbonyl (C=O) groups is 1. The van der Waals surface area contributed by atoms with Gasteiger partial charge in [-0.05, 0) is 26.0 Å². The minimum Gasteiger partial charge on any atom is -0.480 e. The standard InChI is InChI=1S/C11H15NO2/c1-3-12(9(2)11(13)14)10-7-5-4-6-8-10/h4-9H,3H2,1-2H3,(H,13,14)/t9-/m1/s1. The first-order valence-corrected chi connectivity index (χ1v) is 4.71. The second kappa shape index (κ2) is 4.65. The van der Waals surface area contributed by atoms with Crippen LogP contribution in [0.2, 0.25) is 0 Å². The number of likely N-dealkylation sites (N-methyl/N-ethyl adjacent to an activating group) is 1. The van der Waals surface area contributed by atoms with Gasteiger partial charge in [-0.1, -0.05) is 18.2 Å². The van der Waals surface area contributed by atoms with Crippen molar-refractivity contribution >= 4 is 11.7 Å². The van der Waals surface area contributed by atoms with Gasteiger partial charge < -0.3 is 10.0 Å². The number of hydrogen-bond acceptors (Lipinski definition) is 2. The van der Waals surface area contributed by atoms with Crippen LogP contribution < -0.4 is 4.90 Å². The summed E-state index contributed by atoms with van der Waals surface area (Å²) in [5.74, 6) is -0.796. The molecule has 1 aromatic carbocycles. The van der Waals surface area contributed by atoms with Crippen molar-refractivity contribution in [3.05, 3.63) is 30.3 Å². The van der Waals surface area contributed by atoms with Crippen LogP contribution in [0.4, 0.5) is 5.69 Å². The average molecular weight is 193 g/mol. The van der Waals surface area contributed by atoms with Gasteiger partial charge >= 0.3 is 5.97 Å². The Morgan fingerprint density at radius 2 is 2.00 bits per heavy atom. The van der Waals surface area contributed by atoms with Gasteiger partial charge in [-0.25, -0.2) is 4.79 Å². The van der Waals surface area contributed by atoms with Crippen LogP contribution in [0.3, 0.4) is 0 Å². The molecule has 0 radical (unpaired) electrons. The number of carboxylic acids is 1. The van der Waals surface area contributed by atoms with Gasteiger partial charge in [0.25, 0.3) is 0 Å². The van der Waals surface area contributed by atoms with Crippen LogP contribution >= 0.6 is 0 Å². The van der Waals surface area contributed by atoms with E-state index < -0.39 is 12.0 Å². The molecule has 0 unspecified atom stereocenters. The van der Waals surface area contributed by atoms with E-state index in [4.69, 9.17) is 5.11 Å². The highest BCUT2D eigenvalue weighted by atomic mass is 16.4. The summed E-state index contributed by atoms with van der Waals surface area (Å²) >= 11 is 0. The van der Waals surface area contributed by atoms with Gasteiger partial charge in [-0.15, -0.1) is 0 Å². The Bertz CT molecular complexity index is 297. The molecule has 14 heavy (non-hydrogen) atoms. The fourth-order valence-electron chi connectivity index (χ4n) is 1.43. The SMILES string of the molecule is CCN(c1ccccc1)[C@H](C)C(=O)O. The lowest BCUT2D eigenvalue weighted by atomic mass is 10.2. The highest BCUT2D eigenvalue weighted by molar-refractivity contribution is 5.77. The predicted octanol–water partition coefficient (Wildman–Crippen LogP) is 1.99. The van der Waals surface area contributed by atoms with Gasteiger partial charge in [0.2, 0.25) is 0 Å². The number of rotatable bonds is 4. The molecule has 0 saturated heterocycles. The molecule has 0 bridgehead atoms. The highest BCUT2D eigenvalue weighted by Gasteiger charge is 2.18. The maximum Gasteiger partial charge on any atom is 0.326 e. The van der Waals surface area contributed by atoms with Crippen LogP contribution in [-0.2, 0) is 4.79 Å². The molecular formula is C11H15NO2. The Hall–Kier alpha value is -1.51. The topological polar surface area (TPSA) is 40.5 Å². The van der Waals surface area contributed by atoms with Crippen LogP contribution in [0.1, 0.15) is 13.8 Å². The van der Waals surface area contributed by atoms with Crippen LogP contribution in [0, 0.1) is 0 Å². The van der Waals surface area contributed by atoms with E-state index >= 15 is 0 Å². The minimum absolute atomic E-state index is 0.484. The van der Waals surface area contributed by atoms with Crippen LogP contribution in [0.25, 0.3) is 0 Å². The van der Waals surface area contributed by atoms with Gasteiger partial charge in [0.15, 0.2) is 0 Å². The van der Waals surface area contributed by atoms with E-state index in [1.165, 1.54) is 0 Å². The third-order valence-electron chi connectivity index (χ3n) is 2.25. The van der Waals surface area contributed by atoms with Crippen molar-refractivity contribution < 1.29 is 9.90 Å². The molecule has 0 aliphatic rings. The van der Waals surface area contributed by atoms with Crippen molar-refractivity contribution in [1.29, 1.82) is 0 Å². The zero-order chi connectivity index (χ0) is 10.6. The quantitative estimate of drug-likeness (QED) is 0.795. The van der Waals surface area contributed by atoms with E-state index in [-0.39, 0.29) is 0 Å². The maximum atomic E-state index is 10.8. The van der Waals surface area contributed by atoms with Crippen LogP contribution in [0.5, 0.6) is 0 Å². The third-order valence-corrected chi connectivity index (χ3v) is 2.25. The summed E-state index contributed by atoms with van der Waals surface area (Å²) in [6.45, 7) is 4.34. The van der Waals surface area contributed by atoms with Gasteiger partial charge in [0.1, 0.15) is 6.04 Å². The molecule has 3 heteroatoms. The van der Waals surface area contributed by atoms with Crippen molar-refractivity contribution in [2.75, 3.05) is 11.4 Å². The fraction of sp³-hybridized carbons (Fsp3) is 0.364. The Balaban J connectivity index is 2.87. The number of hydrogen-bond donors (Lipinski definition) is 1. The lowest BCUT2D eigenvalue weighted by Crippen LogP contribution is -2.38. The summed E-state index contributed by atoms with van der Waals surface area (Å²) in [4.78, 5) is 12.7. The number of para-hydroxylation sites is 1. The van der Waals surface area contributed by atoms with E-state index in [1.807, 2.05) is 42.2 Å². The monoisotopic (exact) mass is 193 g/mol. The third kappa shape index (κ3) is 2.25. The van der Waals surface area contributed by atoms with Crippen molar-refractivity contribution in [1.82, 2.24) is 0 Å². The molecule has 1 aromatic rings. The van der Waals surface area contributed by atoms with Crippen molar-refractivity contribution in [3.8, 4) is 0 Å². The van der Waals surface area contributed by atoms with Crippen molar-refractivity contribution in [3.63, 3.8) is 0 Å². The molecule has 3 nitrogen and oxygen atoms in total. The molecule has 1 atom stereocenters. The lowest BCUT2D eigenvalue weighted by molar-refractivity contribution is -0.138. The molecule has 0 saturated carbocycles. The first-order chi connectivity index (χ1) is 6.66. The molecular weight excluding hydrogens is 178 g/mol. The van der Waals surface area contributed by atoms with E-state index in [0.717, 1.165) is 5.69 Å². The number of aliphatic carboxylic acids is 1. The maximum absolute atomic E-state index is 10.8. The van der Waals surface area contributed by atoms with E-state index in [0.29, 0.717) is 6.54 Å². The molecule has 0 aliphatic carbocycles. The van der Waals surface area contributed by atoms with Gasteiger partial charge in [0, 0.05) is 12.2 Å². The predicted molar refractivity (Wildman–Crippen MR) is 56.6 cm³/mol. The van der Waals surface area contributed by atoms with E-state index in [9.17, 15) is 4.79 Å². The van der Waals surface area contributed by atoms with Crippen molar-refractivity contribution in [2.45, 2.75) is 19.9 Å². The minimum atomic E-state index is -0.796. The molecule has 0 amide bonds. The molecule has 0 spiro atoms. The summed E-state index contributed by atoms with van der Waals surface area (Å²) < 4.78 is 0. The number of carboxylic acid groups (broad SMARTS) is 1. The van der Waals surface area contributed by atoms with Gasteiger partial charge in [-0.3, -0.25) is 0 Å². The van der Waals surface area contributed by atoms with Crippen molar-refractivity contribution in [2.24, 2.45) is 0 Å². The number of benzene rings is 1. The smallest absolute Gasteiger partial charge is 0.326 e. The second-order valence-corrected chi connectivity index (χ2v) is 3.14. The Morgan fingerprint density at radius 1 is 1.43 bits per heavy atom. The molecule has 0 aromatic heterocycles. The Labute approximate surface area is 84.0 Å². The first kappa shape index (κ1) is 10.6. The second-order valence-electron chi connectivity index (χ2n) is 3.14. The van der Waals surface area contributed by atoms with Gasteiger partial charge in [0.05, 0.1) is 0 Å². The Kier molecular flexibility index (Phi) is 3.51. The molecule has 1 rings (SSSR count). The van der Waals surface area contributed by atoms with E-state index in [1.54, 1.807) is 6.92 Å². The molecule has 76 valence electrons.